The number of benzene rings is 2. The van der Waals surface area contributed by atoms with E-state index in [-0.39, 0.29) is 11.5 Å². The number of aromatic nitrogens is 1. The average molecular weight is 407 g/mol. The number of hydrogen-bond donors (Lipinski definition) is 0. The monoisotopic (exact) mass is 406 g/mol. The van der Waals surface area contributed by atoms with Crippen molar-refractivity contribution in [3.63, 3.8) is 0 Å². The summed E-state index contributed by atoms with van der Waals surface area (Å²) in [6, 6.07) is 15.6. The molecule has 0 spiro atoms. The first-order valence-corrected chi connectivity index (χ1v) is 9.25. The summed E-state index contributed by atoms with van der Waals surface area (Å²) in [4.78, 5) is 36.0. The lowest BCUT2D eigenvalue weighted by Crippen LogP contribution is -2.31. The van der Waals surface area contributed by atoms with Gasteiger partial charge in [0.2, 0.25) is 0 Å². The second-order valence-corrected chi connectivity index (χ2v) is 7.12. The van der Waals surface area contributed by atoms with Crippen LogP contribution < -0.4 is 0 Å². The van der Waals surface area contributed by atoms with Crippen molar-refractivity contribution in [3.8, 4) is 0 Å². The van der Waals surface area contributed by atoms with E-state index in [1.54, 1.807) is 54.7 Å². The van der Waals surface area contributed by atoms with Gasteiger partial charge in [-0.15, -0.1) is 0 Å². The number of ketones is 1. The molecule has 4 rings (SSSR count). The van der Waals surface area contributed by atoms with Crippen LogP contribution in [0.2, 0.25) is 5.02 Å². The molecular weight excluding hydrogens is 392 g/mol. The van der Waals surface area contributed by atoms with Crippen molar-refractivity contribution >= 4 is 35.4 Å². The molecule has 0 amide bonds. The summed E-state index contributed by atoms with van der Waals surface area (Å²) in [6.45, 7) is 0. The Morgan fingerprint density at radius 1 is 1.07 bits per heavy atom. The summed E-state index contributed by atoms with van der Waals surface area (Å²) in [5.41, 5.74) is 2.10. The molecule has 0 N–H and O–H groups in total. The van der Waals surface area contributed by atoms with Crippen LogP contribution in [0.1, 0.15) is 33.6 Å². The van der Waals surface area contributed by atoms with Crippen LogP contribution in [0, 0.1) is 10.1 Å². The maximum atomic E-state index is 13.5. The van der Waals surface area contributed by atoms with Crippen molar-refractivity contribution < 1.29 is 14.5 Å². The highest BCUT2D eigenvalue weighted by atomic mass is 35.5. The van der Waals surface area contributed by atoms with Crippen molar-refractivity contribution in [1.29, 1.82) is 0 Å². The fraction of sp³-hybridized carbons (Fsp3) is 0.0909. The summed E-state index contributed by atoms with van der Waals surface area (Å²) in [5, 5.41) is 11.3. The Kier molecular flexibility index (Phi) is 4.86. The molecule has 0 saturated heterocycles. The van der Waals surface area contributed by atoms with Crippen molar-refractivity contribution in [2.45, 2.75) is 12.0 Å². The van der Waals surface area contributed by atoms with Crippen LogP contribution in [0.25, 0.3) is 6.08 Å². The molecule has 29 heavy (non-hydrogen) atoms. The number of Topliss-reactive ketones (excluding diaryl/α,β-unsaturated/α-hetero) is 1. The number of nitro benzene ring substituents is 1. The van der Waals surface area contributed by atoms with Gasteiger partial charge in [-0.05, 0) is 35.9 Å². The first kappa shape index (κ1) is 18.8. The van der Waals surface area contributed by atoms with Gasteiger partial charge in [0.05, 0.1) is 9.95 Å². The van der Waals surface area contributed by atoms with Gasteiger partial charge < -0.3 is 4.57 Å². The van der Waals surface area contributed by atoms with Gasteiger partial charge in [-0.1, -0.05) is 35.9 Å². The molecule has 1 aliphatic rings. The molecular formula is C22H15ClN2O4. The Labute approximate surface area is 171 Å². The van der Waals surface area contributed by atoms with Gasteiger partial charge in [-0.3, -0.25) is 19.7 Å². The zero-order valence-electron chi connectivity index (χ0n) is 15.1. The molecule has 144 valence electrons. The third-order valence-corrected chi connectivity index (χ3v) is 5.44. The lowest BCUT2D eigenvalue weighted by atomic mass is 9.79. The van der Waals surface area contributed by atoms with Crippen LogP contribution in [0.15, 0.2) is 72.4 Å². The number of allylic oxidation sites excluding steroid dienone is 1. The Balaban J connectivity index is 1.88. The Morgan fingerprint density at radius 3 is 2.45 bits per heavy atom. The highest BCUT2D eigenvalue weighted by molar-refractivity contribution is 6.34. The van der Waals surface area contributed by atoms with Crippen LogP contribution in [-0.2, 0) is 4.79 Å². The number of nitrogens with zero attached hydrogens (tertiary/aromatic N) is 2. The van der Waals surface area contributed by atoms with E-state index in [0.717, 1.165) is 12.0 Å². The van der Waals surface area contributed by atoms with E-state index in [1.165, 1.54) is 12.1 Å². The summed E-state index contributed by atoms with van der Waals surface area (Å²) < 4.78 is 1.81. The minimum absolute atomic E-state index is 0.0585. The highest BCUT2D eigenvalue weighted by Gasteiger charge is 2.38. The lowest BCUT2D eigenvalue weighted by Gasteiger charge is -2.33. The van der Waals surface area contributed by atoms with E-state index in [4.69, 9.17) is 11.6 Å². The van der Waals surface area contributed by atoms with Gasteiger partial charge >= 0.3 is 0 Å². The number of rotatable bonds is 5. The van der Waals surface area contributed by atoms with Crippen LogP contribution in [-0.4, -0.2) is 21.6 Å². The molecule has 0 bridgehead atoms. The molecule has 0 fully saturated rings. The second kappa shape index (κ2) is 7.48. The number of nitro groups is 1. The summed E-state index contributed by atoms with van der Waals surface area (Å²) in [7, 11) is 0. The molecule has 2 aromatic carbocycles. The molecule has 2 heterocycles. The van der Waals surface area contributed by atoms with Gasteiger partial charge in [0, 0.05) is 41.1 Å². The number of aldehydes is 1. The SMILES string of the molecule is O=CC1=Cc2cccn2[C@@H](C(=O)c2ccccc2Cl)[C@@H]1c1ccc([N+](=O)[O-])cc1. The van der Waals surface area contributed by atoms with E-state index in [1.807, 2.05) is 10.6 Å². The highest BCUT2D eigenvalue weighted by Crippen LogP contribution is 2.42. The normalized spacial score (nSPS) is 17.9. The molecule has 3 aromatic rings. The van der Waals surface area contributed by atoms with Crippen LogP contribution in [0.5, 0.6) is 0 Å². The van der Waals surface area contributed by atoms with Gasteiger partial charge in [0.15, 0.2) is 5.78 Å². The van der Waals surface area contributed by atoms with E-state index < -0.39 is 16.9 Å². The summed E-state index contributed by atoms with van der Waals surface area (Å²) in [6.07, 6.45) is 4.25. The predicted octanol–water partition coefficient (Wildman–Crippen LogP) is 4.85. The average Bonchev–Trinajstić information content (AvgIpc) is 3.20. The Morgan fingerprint density at radius 2 is 1.79 bits per heavy atom. The molecule has 6 nitrogen and oxygen atoms in total. The first-order chi connectivity index (χ1) is 14.0. The number of halogens is 1. The molecule has 0 aliphatic carbocycles. The predicted molar refractivity (Wildman–Crippen MR) is 109 cm³/mol. The third-order valence-electron chi connectivity index (χ3n) is 5.11. The second-order valence-electron chi connectivity index (χ2n) is 6.72. The molecule has 1 aliphatic heterocycles. The topological polar surface area (TPSA) is 82.2 Å². The Bertz CT molecular complexity index is 1150. The van der Waals surface area contributed by atoms with Gasteiger partial charge in [0.1, 0.15) is 12.3 Å². The minimum Gasteiger partial charge on any atom is -0.336 e. The molecule has 2 atom stereocenters. The molecule has 0 radical (unpaired) electrons. The van der Waals surface area contributed by atoms with Gasteiger partial charge in [-0.2, -0.15) is 0 Å². The maximum absolute atomic E-state index is 13.5. The Hall–Kier alpha value is -3.51. The van der Waals surface area contributed by atoms with E-state index >= 15 is 0 Å². The minimum atomic E-state index is -0.744. The fourth-order valence-electron chi connectivity index (χ4n) is 3.77. The summed E-state index contributed by atoms with van der Waals surface area (Å²) in [5.74, 6) is -0.833. The van der Waals surface area contributed by atoms with Crippen LogP contribution in [0.3, 0.4) is 0 Å². The molecule has 1 aromatic heterocycles. The zero-order chi connectivity index (χ0) is 20.5. The van der Waals surface area contributed by atoms with Gasteiger partial charge in [-0.25, -0.2) is 0 Å². The molecule has 0 saturated carbocycles. The number of carbonyl (C=O) groups is 2. The first-order valence-electron chi connectivity index (χ1n) is 8.88. The maximum Gasteiger partial charge on any atom is 0.269 e. The summed E-state index contributed by atoms with van der Waals surface area (Å²) >= 11 is 6.27. The molecule has 7 heteroatoms. The quantitative estimate of drug-likeness (QED) is 0.262. The van der Waals surface area contributed by atoms with Crippen molar-refractivity contribution in [2.24, 2.45) is 0 Å². The van der Waals surface area contributed by atoms with Crippen molar-refractivity contribution in [1.82, 2.24) is 4.57 Å². The smallest absolute Gasteiger partial charge is 0.269 e. The van der Waals surface area contributed by atoms with Crippen molar-refractivity contribution in [3.05, 3.63) is 104 Å². The fourth-order valence-corrected chi connectivity index (χ4v) is 4.00. The standard InChI is InChI=1S/C22H15ClN2O4/c23-19-6-2-1-5-18(19)22(27)21-20(14-7-9-16(10-8-14)25(28)29)15(13-26)12-17-4-3-11-24(17)21/h1-13,20-21H/t20-,21-/m1/s1. The van der Waals surface area contributed by atoms with Gasteiger partial charge in [0.25, 0.3) is 5.69 Å². The largest absolute Gasteiger partial charge is 0.336 e. The zero-order valence-corrected chi connectivity index (χ0v) is 15.8. The van der Waals surface area contributed by atoms with E-state index in [2.05, 4.69) is 0 Å². The number of hydrogen-bond acceptors (Lipinski definition) is 4. The number of non-ortho nitro benzene ring substituents is 1. The molecule has 0 unspecified atom stereocenters. The number of fused-ring (bicyclic) bond motifs is 1. The van der Waals surface area contributed by atoms with Crippen molar-refractivity contribution in [2.75, 3.05) is 0 Å². The van der Waals surface area contributed by atoms with E-state index in [9.17, 15) is 19.7 Å². The van der Waals surface area contributed by atoms with Crippen LogP contribution >= 0.6 is 11.6 Å². The van der Waals surface area contributed by atoms with E-state index in [0.29, 0.717) is 21.7 Å². The third kappa shape index (κ3) is 3.28. The number of carbonyl (C=O) groups excluding carboxylic acids is 2. The lowest BCUT2D eigenvalue weighted by molar-refractivity contribution is -0.384. The van der Waals surface area contributed by atoms with Crippen LogP contribution in [0.4, 0.5) is 5.69 Å².